The highest BCUT2D eigenvalue weighted by molar-refractivity contribution is 6.33. The van der Waals surface area contributed by atoms with Crippen LogP contribution in [0.25, 0.3) is 0 Å². The highest BCUT2D eigenvalue weighted by atomic mass is 35.5. The third kappa shape index (κ3) is 3.19. The summed E-state index contributed by atoms with van der Waals surface area (Å²) in [5, 5.41) is 15.4. The van der Waals surface area contributed by atoms with Crippen LogP contribution in [0.15, 0.2) is 12.4 Å². The predicted octanol–water partition coefficient (Wildman–Crippen LogP) is 1.00. The number of carbonyl (C=O) groups is 1. The second-order valence-corrected chi connectivity index (χ2v) is 6.48. The number of amides is 1. The number of piperidine rings is 1. The number of hydrogen-bond donors (Lipinski definition) is 1. The van der Waals surface area contributed by atoms with Gasteiger partial charge in [-0.05, 0) is 12.8 Å². The number of carbonyl (C=O) groups excluding carboxylic acids is 1. The van der Waals surface area contributed by atoms with Gasteiger partial charge in [0, 0.05) is 26.3 Å². The molecular weight excluding hydrogens is 362 g/mol. The zero-order chi connectivity index (χ0) is 18.9. The largest absolute Gasteiger partial charge is 0.481 e. The molecule has 1 fully saturated rings. The fraction of sp³-hybridized carbons (Fsp3) is 0.500. The van der Waals surface area contributed by atoms with Crippen LogP contribution in [0.3, 0.4) is 0 Å². The number of aliphatic hydroxyl groups is 1. The van der Waals surface area contributed by atoms with Gasteiger partial charge in [0.2, 0.25) is 5.88 Å². The van der Waals surface area contributed by atoms with Gasteiger partial charge < -0.3 is 19.5 Å². The van der Waals surface area contributed by atoms with Crippen molar-refractivity contribution in [2.45, 2.75) is 18.4 Å². The van der Waals surface area contributed by atoms with E-state index in [9.17, 15) is 9.90 Å². The molecule has 1 N–H and O–H groups in total. The van der Waals surface area contributed by atoms with Gasteiger partial charge in [0.25, 0.3) is 5.91 Å². The summed E-state index contributed by atoms with van der Waals surface area (Å²) in [6.45, 7) is 0.706. The fourth-order valence-corrected chi connectivity index (χ4v) is 3.32. The van der Waals surface area contributed by atoms with Crippen LogP contribution in [0.1, 0.15) is 28.9 Å². The summed E-state index contributed by atoms with van der Waals surface area (Å²) in [5.74, 6) is 0.0452. The second-order valence-electron chi connectivity index (χ2n) is 6.07. The molecule has 0 radical (unpaired) electrons. The van der Waals surface area contributed by atoms with Gasteiger partial charge in [-0.3, -0.25) is 9.48 Å². The minimum atomic E-state index is -1.19. The van der Waals surface area contributed by atoms with E-state index in [1.165, 1.54) is 31.3 Å². The average Bonchev–Trinajstić information content (AvgIpc) is 2.99. The summed E-state index contributed by atoms with van der Waals surface area (Å²) < 4.78 is 11.7. The van der Waals surface area contributed by atoms with Gasteiger partial charge >= 0.3 is 6.01 Å². The Labute approximate surface area is 155 Å². The minimum Gasteiger partial charge on any atom is -0.481 e. The number of aromatic nitrogens is 4. The monoisotopic (exact) mass is 381 g/mol. The second kappa shape index (κ2) is 7.08. The normalized spacial score (nSPS) is 16.4. The Kier molecular flexibility index (Phi) is 5.01. The molecule has 26 heavy (non-hydrogen) atoms. The standard InChI is InChI=1S/C16H20ClN5O4/c1-21-12(11(17)9-19-21)14(23)22-6-4-16(24,5-7-22)10-8-18-15(26-3)20-13(10)25-2/h8-9,24H,4-7H2,1-3H3. The van der Waals surface area contributed by atoms with Crippen LogP contribution in [0.2, 0.25) is 5.02 Å². The van der Waals surface area contributed by atoms with E-state index < -0.39 is 5.60 Å². The summed E-state index contributed by atoms with van der Waals surface area (Å²) >= 11 is 6.05. The Hall–Kier alpha value is -2.39. The van der Waals surface area contributed by atoms with Gasteiger partial charge in [0.1, 0.15) is 5.69 Å². The van der Waals surface area contributed by atoms with Crippen LogP contribution in [0.4, 0.5) is 0 Å². The maximum atomic E-state index is 12.7. The molecule has 3 rings (SSSR count). The maximum absolute atomic E-state index is 12.7. The van der Waals surface area contributed by atoms with Crippen molar-refractivity contribution in [3.63, 3.8) is 0 Å². The van der Waals surface area contributed by atoms with E-state index in [0.29, 0.717) is 42.2 Å². The van der Waals surface area contributed by atoms with E-state index in [4.69, 9.17) is 21.1 Å². The Balaban J connectivity index is 1.78. The molecule has 2 aromatic rings. The highest BCUT2D eigenvalue weighted by Crippen LogP contribution is 2.37. The number of halogens is 1. The van der Waals surface area contributed by atoms with Crippen LogP contribution in [-0.2, 0) is 12.6 Å². The van der Waals surface area contributed by atoms with Gasteiger partial charge in [-0.2, -0.15) is 10.1 Å². The smallest absolute Gasteiger partial charge is 0.319 e. The predicted molar refractivity (Wildman–Crippen MR) is 92.4 cm³/mol. The molecule has 3 heterocycles. The van der Waals surface area contributed by atoms with Crippen molar-refractivity contribution in [3.8, 4) is 11.9 Å². The molecular formula is C16H20ClN5O4. The molecule has 0 bridgehead atoms. The molecule has 0 aliphatic carbocycles. The first-order valence-electron chi connectivity index (χ1n) is 8.04. The lowest BCUT2D eigenvalue weighted by Crippen LogP contribution is -2.45. The molecule has 0 unspecified atom stereocenters. The van der Waals surface area contributed by atoms with Crippen molar-refractivity contribution in [3.05, 3.63) is 28.7 Å². The summed E-state index contributed by atoms with van der Waals surface area (Å²) in [5.41, 5.74) is -0.376. The Morgan fingerprint density at radius 1 is 1.27 bits per heavy atom. The van der Waals surface area contributed by atoms with E-state index in [2.05, 4.69) is 15.1 Å². The van der Waals surface area contributed by atoms with Crippen molar-refractivity contribution >= 4 is 17.5 Å². The quantitative estimate of drug-likeness (QED) is 0.842. The summed E-state index contributed by atoms with van der Waals surface area (Å²) in [6, 6.07) is 0.160. The Morgan fingerprint density at radius 3 is 2.50 bits per heavy atom. The van der Waals surface area contributed by atoms with E-state index in [1.807, 2.05) is 0 Å². The van der Waals surface area contributed by atoms with E-state index in [-0.39, 0.29) is 17.8 Å². The molecule has 1 amide bonds. The number of methoxy groups -OCH3 is 2. The van der Waals surface area contributed by atoms with Crippen LogP contribution < -0.4 is 9.47 Å². The molecule has 140 valence electrons. The topological polar surface area (TPSA) is 103 Å². The summed E-state index contributed by atoms with van der Waals surface area (Å²) in [4.78, 5) is 22.5. The Bertz CT molecular complexity index is 797. The Morgan fingerprint density at radius 2 is 1.96 bits per heavy atom. The first kappa shape index (κ1) is 18.4. The fourth-order valence-electron chi connectivity index (χ4n) is 3.07. The minimum absolute atomic E-state index is 0.160. The van der Waals surface area contributed by atoms with Gasteiger partial charge in [-0.15, -0.1) is 0 Å². The van der Waals surface area contributed by atoms with Crippen molar-refractivity contribution < 1.29 is 19.4 Å². The van der Waals surface area contributed by atoms with Crippen LogP contribution >= 0.6 is 11.6 Å². The third-order valence-electron chi connectivity index (χ3n) is 4.58. The molecule has 1 aliphatic rings. The zero-order valence-electron chi connectivity index (χ0n) is 14.8. The first-order valence-corrected chi connectivity index (χ1v) is 8.42. The molecule has 0 atom stereocenters. The van der Waals surface area contributed by atoms with Crippen molar-refractivity contribution in [2.75, 3.05) is 27.3 Å². The van der Waals surface area contributed by atoms with Crippen molar-refractivity contribution in [1.29, 1.82) is 0 Å². The summed E-state index contributed by atoms with van der Waals surface area (Å²) in [7, 11) is 4.59. The molecule has 1 aliphatic heterocycles. The number of aryl methyl sites for hydroxylation is 1. The molecule has 10 heteroatoms. The number of rotatable bonds is 4. The molecule has 2 aromatic heterocycles. The lowest BCUT2D eigenvalue weighted by molar-refractivity contribution is -0.0235. The third-order valence-corrected chi connectivity index (χ3v) is 4.86. The average molecular weight is 382 g/mol. The lowest BCUT2D eigenvalue weighted by Gasteiger charge is -2.38. The lowest BCUT2D eigenvalue weighted by atomic mass is 9.85. The van der Waals surface area contributed by atoms with Gasteiger partial charge in [-0.25, -0.2) is 4.98 Å². The maximum Gasteiger partial charge on any atom is 0.319 e. The van der Waals surface area contributed by atoms with E-state index in [0.717, 1.165) is 0 Å². The van der Waals surface area contributed by atoms with Crippen molar-refractivity contribution in [1.82, 2.24) is 24.6 Å². The SMILES string of the molecule is COc1ncc(C2(O)CCN(C(=O)c3c(Cl)cnn3C)CC2)c(OC)n1. The molecule has 0 aromatic carbocycles. The first-order chi connectivity index (χ1) is 12.4. The molecule has 9 nitrogen and oxygen atoms in total. The molecule has 1 saturated heterocycles. The number of nitrogens with zero attached hydrogens (tertiary/aromatic N) is 5. The summed E-state index contributed by atoms with van der Waals surface area (Å²) in [6.07, 6.45) is 3.58. The number of likely N-dealkylation sites (tertiary alicyclic amines) is 1. The van der Waals surface area contributed by atoms with Gasteiger partial charge in [0.05, 0.1) is 36.6 Å². The van der Waals surface area contributed by atoms with Gasteiger partial charge in [-0.1, -0.05) is 11.6 Å². The number of hydrogen-bond acceptors (Lipinski definition) is 7. The zero-order valence-corrected chi connectivity index (χ0v) is 15.5. The van der Waals surface area contributed by atoms with E-state index >= 15 is 0 Å². The van der Waals surface area contributed by atoms with Gasteiger partial charge in [0.15, 0.2) is 0 Å². The van der Waals surface area contributed by atoms with E-state index in [1.54, 1.807) is 11.9 Å². The molecule has 0 saturated carbocycles. The molecule has 0 spiro atoms. The van der Waals surface area contributed by atoms with Crippen LogP contribution in [0.5, 0.6) is 11.9 Å². The van der Waals surface area contributed by atoms with Crippen LogP contribution in [0, 0.1) is 0 Å². The van der Waals surface area contributed by atoms with Crippen LogP contribution in [-0.4, -0.2) is 63.0 Å². The van der Waals surface area contributed by atoms with Crippen molar-refractivity contribution in [2.24, 2.45) is 7.05 Å². The number of ether oxygens (including phenoxy) is 2. The highest BCUT2D eigenvalue weighted by Gasteiger charge is 2.39.